The summed E-state index contributed by atoms with van der Waals surface area (Å²) in [4.78, 5) is 6.82. The Bertz CT molecular complexity index is 662. The monoisotopic (exact) mass is 239 g/mol. The molecule has 3 heterocycles. The lowest BCUT2D eigenvalue weighted by atomic mass is 9.92. The highest BCUT2D eigenvalue weighted by Crippen LogP contribution is 2.35. The zero-order chi connectivity index (χ0) is 12.1. The van der Waals surface area contributed by atoms with Crippen LogP contribution in [0.15, 0.2) is 12.4 Å². The van der Waals surface area contributed by atoms with Gasteiger partial charge in [0.2, 0.25) is 0 Å². The van der Waals surface area contributed by atoms with Crippen molar-refractivity contribution in [1.82, 2.24) is 14.6 Å². The van der Waals surface area contributed by atoms with Gasteiger partial charge in [-0.15, -0.1) is 0 Å². The number of nitrogens with zero attached hydrogens (tertiary/aromatic N) is 5. The zero-order valence-electron chi connectivity index (χ0n) is 10.0. The van der Waals surface area contributed by atoms with Crippen LogP contribution >= 0.6 is 0 Å². The topological polar surface area (TPSA) is 57.2 Å². The lowest BCUT2D eigenvalue weighted by Gasteiger charge is -2.36. The number of anilines is 1. The molecule has 0 radical (unpaired) electrons. The first-order valence-electron chi connectivity index (χ1n) is 6.41. The third-order valence-corrected chi connectivity index (χ3v) is 4.10. The molecule has 0 unspecified atom stereocenters. The van der Waals surface area contributed by atoms with Crippen LogP contribution in [0, 0.1) is 11.3 Å². The van der Waals surface area contributed by atoms with Crippen LogP contribution in [-0.4, -0.2) is 27.2 Å². The summed E-state index contributed by atoms with van der Waals surface area (Å²) in [5.74, 6) is 1.16. The predicted molar refractivity (Wildman–Crippen MR) is 66.4 cm³/mol. The van der Waals surface area contributed by atoms with Gasteiger partial charge < -0.3 is 4.90 Å². The van der Waals surface area contributed by atoms with Gasteiger partial charge in [-0.2, -0.15) is 14.9 Å². The molecule has 2 aromatic rings. The zero-order valence-corrected chi connectivity index (χ0v) is 10.0. The molecule has 0 N–H and O–H groups in total. The highest BCUT2D eigenvalue weighted by Gasteiger charge is 2.32. The normalized spacial score (nSPS) is 18.7. The van der Waals surface area contributed by atoms with E-state index in [2.05, 4.69) is 21.1 Å². The van der Waals surface area contributed by atoms with Crippen molar-refractivity contribution in [3.63, 3.8) is 0 Å². The van der Waals surface area contributed by atoms with Crippen LogP contribution < -0.4 is 4.90 Å². The molecule has 0 bridgehead atoms. The van der Waals surface area contributed by atoms with Gasteiger partial charge in [0.25, 0.3) is 0 Å². The Kier molecular flexibility index (Phi) is 1.90. The molecule has 0 aromatic carbocycles. The van der Waals surface area contributed by atoms with Gasteiger partial charge >= 0.3 is 0 Å². The molecule has 1 aliphatic heterocycles. The Hall–Kier alpha value is -2.09. The van der Waals surface area contributed by atoms with Gasteiger partial charge in [-0.3, -0.25) is 0 Å². The first-order chi connectivity index (χ1) is 8.88. The van der Waals surface area contributed by atoms with Crippen molar-refractivity contribution in [1.29, 1.82) is 5.26 Å². The third-order valence-electron chi connectivity index (χ3n) is 4.10. The number of hydrogen-bond donors (Lipinski definition) is 0. The van der Waals surface area contributed by atoms with Crippen LogP contribution in [0.3, 0.4) is 0 Å². The molecule has 0 amide bonds. The molecule has 2 aliphatic rings. The summed E-state index contributed by atoms with van der Waals surface area (Å²) in [6.07, 6.45) is 8.43. The molecule has 1 fully saturated rings. The minimum Gasteiger partial charge on any atom is -0.353 e. The van der Waals surface area contributed by atoms with E-state index in [0.717, 1.165) is 18.8 Å². The number of hydrogen-bond acceptors (Lipinski definition) is 4. The molecule has 5 nitrogen and oxygen atoms in total. The summed E-state index contributed by atoms with van der Waals surface area (Å²) in [5.41, 5.74) is 2.49. The van der Waals surface area contributed by atoms with Crippen LogP contribution in [0.4, 0.5) is 5.82 Å². The number of rotatable bonds is 1. The van der Waals surface area contributed by atoms with Crippen molar-refractivity contribution in [2.45, 2.75) is 31.7 Å². The molecular weight excluding hydrogens is 226 g/mol. The van der Waals surface area contributed by atoms with Gasteiger partial charge in [0, 0.05) is 24.3 Å². The molecule has 0 spiro atoms. The minimum absolute atomic E-state index is 0.554. The molecule has 90 valence electrons. The lowest BCUT2D eigenvalue weighted by Crippen LogP contribution is -2.39. The molecule has 18 heavy (non-hydrogen) atoms. The average molecular weight is 239 g/mol. The second-order valence-corrected chi connectivity index (χ2v) is 5.04. The van der Waals surface area contributed by atoms with E-state index < -0.39 is 0 Å². The number of nitriles is 1. The predicted octanol–water partition coefficient (Wildman–Crippen LogP) is 1.52. The summed E-state index contributed by atoms with van der Waals surface area (Å²) in [6, 6.07) is 2.81. The fourth-order valence-electron chi connectivity index (χ4n) is 2.92. The maximum absolute atomic E-state index is 9.05. The highest BCUT2D eigenvalue weighted by atomic mass is 15.4. The Balaban J connectivity index is 1.93. The Morgan fingerprint density at radius 1 is 1.33 bits per heavy atom. The lowest BCUT2D eigenvalue weighted by molar-refractivity contribution is 0.389. The van der Waals surface area contributed by atoms with Crippen LogP contribution in [0.5, 0.6) is 0 Å². The SMILES string of the molecule is N#Cc1cnn2c3c(cnc12)CCN3C1CCC1. The van der Waals surface area contributed by atoms with Gasteiger partial charge in [0.15, 0.2) is 5.65 Å². The van der Waals surface area contributed by atoms with E-state index in [9.17, 15) is 0 Å². The summed E-state index contributed by atoms with van der Waals surface area (Å²) in [7, 11) is 0. The fourth-order valence-corrected chi connectivity index (χ4v) is 2.92. The second-order valence-electron chi connectivity index (χ2n) is 5.04. The van der Waals surface area contributed by atoms with E-state index in [1.165, 1.54) is 24.8 Å². The first-order valence-corrected chi connectivity index (χ1v) is 6.41. The molecule has 5 heteroatoms. The summed E-state index contributed by atoms with van der Waals surface area (Å²) >= 11 is 0. The third kappa shape index (κ3) is 1.15. The largest absolute Gasteiger partial charge is 0.353 e. The van der Waals surface area contributed by atoms with E-state index in [1.807, 2.05) is 10.7 Å². The summed E-state index contributed by atoms with van der Waals surface area (Å²) in [5, 5.41) is 13.4. The van der Waals surface area contributed by atoms with E-state index in [1.54, 1.807) is 6.20 Å². The molecular formula is C13H13N5. The van der Waals surface area contributed by atoms with Gasteiger partial charge in [-0.25, -0.2) is 4.98 Å². The van der Waals surface area contributed by atoms with Crippen molar-refractivity contribution in [3.8, 4) is 6.07 Å². The smallest absolute Gasteiger partial charge is 0.175 e. The van der Waals surface area contributed by atoms with Gasteiger partial charge in [-0.05, 0) is 25.7 Å². The molecule has 4 rings (SSSR count). The maximum atomic E-state index is 9.05. The van der Waals surface area contributed by atoms with Crippen molar-refractivity contribution < 1.29 is 0 Å². The van der Waals surface area contributed by atoms with E-state index in [4.69, 9.17) is 5.26 Å². The number of fused-ring (bicyclic) bond motifs is 3. The van der Waals surface area contributed by atoms with Crippen LogP contribution in [-0.2, 0) is 6.42 Å². The Morgan fingerprint density at radius 3 is 2.94 bits per heavy atom. The Labute approximate surface area is 105 Å². The summed E-state index contributed by atoms with van der Waals surface area (Å²) < 4.78 is 1.85. The van der Waals surface area contributed by atoms with Gasteiger partial charge in [-0.1, -0.05) is 0 Å². The van der Waals surface area contributed by atoms with Crippen LogP contribution in [0.2, 0.25) is 0 Å². The van der Waals surface area contributed by atoms with Gasteiger partial charge in [0.05, 0.1) is 6.20 Å². The van der Waals surface area contributed by atoms with Crippen LogP contribution in [0.25, 0.3) is 5.65 Å². The maximum Gasteiger partial charge on any atom is 0.175 e. The molecule has 2 aromatic heterocycles. The first kappa shape index (κ1) is 9.89. The standard InChI is InChI=1S/C13H13N5/c14-6-10-8-16-18-12(10)15-7-9-4-5-17(13(9)18)11-2-1-3-11/h7-8,11H,1-5H2. The van der Waals surface area contributed by atoms with Gasteiger partial charge in [0.1, 0.15) is 17.5 Å². The van der Waals surface area contributed by atoms with Crippen molar-refractivity contribution in [2.75, 3.05) is 11.4 Å². The van der Waals surface area contributed by atoms with E-state index in [-0.39, 0.29) is 0 Å². The molecule has 0 saturated heterocycles. The second kappa shape index (κ2) is 3.45. The minimum atomic E-state index is 0.554. The van der Waals surface area contributed by atoms with Crippen molar-refractivity contribution >= 4 is 11.5 Å². The average Bonchev–Trinajstić information content (AvgIpc) is 2.90. The molecule has 1 aliphatic carbocycles. The summed E-state index contributed by atoms with van der Waals surface area (Å²) in [6.45, 7) is 1.06. The van der Waals surface area contributed by atoms with Crippen LogP contribution in [0.1, 0.15) is 30.4 Å². The van der Waals surface area contributed by atoms with E-state index >= 15 is 0 Å². The molecule has 0 atom stereocenters. The fraction of sp³-hybridized carbons (Fsp3) is 0.462. The highest BCUT2D eigenvalue weighted by molar-refractivity contribution is 5.63. The molecule has 1 saturated carbocycles. The quantitative estimate of drug-likeness (QED) is 0.757. The number of aromatic nitrogens is 3. The Morgan fingerprint density at radius 2 is 2.22 bits per heavy atom. The van der Waals surface area contributed by atoms with E-state index in [0.29, 0.717) is 17.3 Å². The van der Waals surface area contributed by atoms with Crippen molar-refractivity contribution in [2.24, 2.45) is 0 Å². The van der Waals surface area contributed by atoms with Crippen molar-refractivity contribution in [3.05, 3.63) is 23.5 Å².